The fraction of sp³-hybridized carbons (Fsp3) is 0.929. The molecule has 2 N–H and O–H groups in total. The molecule has 0 radical (unpaired) electrons. The largest absolute Gasteiger partial charge is 0.405 e. The van der Waals surface area contributed by atoms with E-state index in [-0.39, 0.29) is 36.2 Å². The van der Waals surface area contributed by atoms with Gasteiger partial charge >= 0.3 is 6.18 Å². The van der Waals surface area contributed by atoms with Crippen LogP contribution in [0.15, 0.2) is 0 Å². The Labute approximate surface area is 135 Å². The lowest BCUT2D eigenvalue weighted by molar-refractivity contribution is -0.184. The van der Waals surface area contributed by atoms with E-state index in [0.29, 0.717) is 26.2 Å². The molecule has 1 aliphatic carbocycles. The first kappa shape index (κ1) is 19.5. The summed E-state index contributed by atoms with van der Waals surface area (Å²) in [7, 11) is 0. The third-order valence-electron chi connectivity index (χ3n) is 4.92. The lowest BCUT2D eigenvalue weighted by atomic mass is 10.0. The molecule has 3 unspecified atom stereocenters. The Morgan fingerprint density at radius 3 is 2.45 bits per heavy atom. The van der Waals surface area contributed by atoms with Gasteiger partial charge in [0.1, 0.15) is 6.04 Å². The molecular formula is C14H25ClF3N3O. The van der Waals surface area contributed by atoms with E-state index in [1.54, 1.807) is 0 Å². The summed E-state index contributed by atoms with van der Waals surface area (Å²) < 4.78 is 39.5. The minimum Gasteiger partial charge on any atom is -0.354 e. The number of piperazine rings is 1. The Bertz CT molecular complexity index is 388. The van der Waals surface area contributed by atoms with Gasteiger partial charge < -0.3 is 10.6 Å². The van der Waals surface area contributed by atoms with Crippen molar-refractivity contribution < 1.29 is 18.0 Å². The molecule has 0 bridgehead atoms. The monoisotopic (exact) mass is 343 g/mol. The number of halogens is 4. The lowest BCUT2D eigenvalue weighted by Gasteiger charge is -2.36. The second kappa shape index (κ2) is 7.36. The number of hydrogen-bond donors (Lipinski definition) is 2. The van der Waals surface area contributed by atoms with E-state index in [1.165, 1.54) is 4.90 Å². The number of hydrogen-bond acceptors (Lipinski definition) is 3. The van der Waals surface area contributed by atoms with Gasteiger partial charge in [0.2, 0.25) is 5.91 Å². The van der Waals surface area contributed by atoms with E-state index >= 15 is 0 Å². The van der Waals surface area contributed by atoms with E-state index in [2.05, 4.69) is 10.6 Å². The zero-order valence-corrected chi connectivity index (χ0v) is 13.8. The summed E-state index contributed by atoms with van der Waals surface area (Å²) in [4.78, 5) is 13.4. The molecule has 1 heterocycles. The van der Waals surface area contributed by atoms with Crippen LogP contribution in [0.4, 0.5) is 13.2 Å². The van der Waals surface area contributed by atoms with Gasteiger partial charge in [-0.2, -0.15) is 13.2 Å². The van der Waals surface area contributed by atoms with Gasteiger partial charge in [0.15, 0.2) is 0 Å². The number of nitrogens with one attached hydrogen (secondary N) is 2. The standard InChI is InChI=1S/C14H24F3N3O.ClH/c1-3-13(2)8-10(13)12(21)19-9-11(14(15,16)17)20-6-4-18-5-7-20;/h10-11,18H,3-9H2,1-2H3,(H,19,21);1H. The smallest absolute Gasteiger partial charge is 0.354 e. The molecule has 3 atom stereocenters. The minimum absolute atomic E-state index is 0. The van der Waals surface area contributed by atoms with Crippen molar-refractivity contribution in [1.29, 1.82) is 0 Å². The molecule has 2 fully saturated rings. The molecule has 8 heteroatoms. The van der Waals surface area contributed by atoms with Crippen molar-refractivity contribution in [2.75, 3.05) is 32.7 Å². The van der Waals surface area contributed by atoms with Crippen molar-refractivity contribution in [3.63, 3.8) is 0 Å². The van der Waals surface area contributed by atoms with Crippen LogP contribution in [0, 0.1) is 11.3 Å². The molecule has 0 aromatic heterocycles. The zero-order chi connectivity index (χ0) is 15.7. The maximum absolute atomic E-state index is 13.2. The van der Waals surface area contributed by atoms with E-state index < -0.39 is 12.2 Å². The first-order valence-electron chi connectivity index (χ1n) is 7.57. The van der Waals surface area contributed by atoms with Crippen LogP contribution in [0.5, 0.6) is 0 Å². The van der Waals surface area contributed by atoms with Crippen LogP contribution < -0.4 is 10.6 Å². The summed E-state index contributed by atoms with van der Waals surface area (Å²) in [5.74, 6) is -0.358. The average molecular weight is 344 g/mol. The Kier molecular flexibility index (Phi) is 6.53. The van der Waals surface area contributed by atoms with E-state index in [9.17, 15) is 18.0 Å². The van der Waals surface area contributed by atoms with E-state index in [1.807, 2.05) is 13.8 Å². The number of rotatable bonds is 5. The van der Waals surface area contributed by atoms with Crippen LogP contribution in [-0.2, 0) is 4.79 Å². The summed E-state index contributed by atoms with van der Waals surface area (Å²) in [5, 5.41) is 5.55. The molecule has 130 valence electrons. The third-order valence-corrected chi connectivity index (χ3v) is 4.92. The Hall–Kier alpha value is -0.530. The van der Waals surface area contributed by atoms with E-state index in [0.717, 1.165) is 12.8 Å². The van der Waals surface area contributed by atoms with Crippen molar-refractivity contribution in [2.24, 2.45) is 11.3 Å². The van der Waals surface area contributed by atoms with Gasteiger partial charge in [-0.15, -0.1) is 12.4 Å². The molecule has 1 amide bonds. The van der Waals surface area contributed by atoms with E-state index in [4.69, 9.17) is 0 Å². The fourth-order valence-corrected chi connectivity index (χ4v) is 2.97. The minimum atomic E-state index is -4.32. The second-order valence-electron chi connectivity index (χ2n) is 6.35. The molecule has 2 rings (SSSR count). The molecule has 0 aromatic carbocycles. The SMILES string of the molecule is CCC1(C)CC1C(=O)NCC(N1CCNCC1)C(F)(F)F.Cl. The van der Waals surface area contributed by atoms with Crippen molar-refractivity contribution in [2.45, 2.75) is 38.9 Å². The van der Waals surface area contributed by atoms with Crippen LogP contribution in [0.25, 0.3) is 0 Å². The van der Waals surface area contributed by atoms with Crippen LogP contribution >= 0.6 is 12.4 Å². The van der Waals surface area contributed by atoms with Crippen LogP contribution in [0.1, 0.15) is 26.7 Å². The summed E-state index contributed by atoms with van der Waals surface area (Å²) in [6.07, 6.45) is -2.66. The number of amides is 1. The van der Waals surface area contributed by atoms with Gasteiger partial charge in [-0.05, 0) is 18.3 Å². The highest BCUT2D eigenvalue weighted by Crippen LogP contribution is 2.54. The molecule has 2 aliphatic rings. The highest BCUT2D eigenvalue weighted by atomic mass is 35.5. The molecule has 22 heavy (non-hydrogen) atoms. The Morgan fingerprint density at radius 1 is 1.41 bits per heavy atom. The van der Waals surface area contributed by atoms with Gasteiger partial charge in [-0.25, -0.2) is 0 Å². The molecule has 0 spiro atoms. The molecule has 1 saturated heterocycles. The van der Waals surface area contributed by atoms with Crippen LogP contribution in [0.3, 0.4) is 0 Å². The maximum atomic E-state index is 13.2. The molecule has 1 aliphatic heterocycles. The number of nitrogens with zero attached hydrogens (tertiary/aromatic N) is 1. The van der Waals surface area contributed by atoms with Gasteiger partial charge in [0.25, 0.3) is 0 Å². The predicted molar refractivity (Wildman–Crippen MR) is 81.0 cm³/mol. The topological polar surface area (TPSA) is 44.4 Å². The number of carbonyl (C=O) groups excluding carboxylic acids is 1. The van der Waals surface area contributed by atoms with Crippen molar-refractivity contribution in [3.05, 3.63) is 0 Å². The zero-order valence-electron chi connectivity index (χ0n) is 13.0. The highest BCUT2D eigenvalue weighted by Gasteiger charge is 2.53. The normalized spacial score (nSPS) is 30.3. The first-order valence-corrected chi connectivity index (χ1v) is 7.57. The molecule has 0 aromatic rings. The second-order valence-corrected chi connectivity index (χ2v) is 6.35. The highest BCUT2D eigenvalue weighted by molar-refractivity contribution is 5.85. The van der Waals surface area contributed by atoms with Gasteiger partial charge in [0.05, 0.1) is 0 Å². The quantitative estimate of drug-likeness (QED) is 0.800. The Morgan fingerprint density at radius 2 is 2.00 bits per heavy atom. The van der Waals surface area contributed by atoms with Gasteiger partial charge in [0, 0.05) is 38.6 Å². The Balaban J connectivity index is 0.00000242. The fourth-order valence-electron chi connectivity index (χ4n) is 2.97. The van der Waals surface area contributed by atoms with Crippen molar-refractivity contribution >= 4 is 18.3 Å². The van der Waals surface area contributed by atoms with Crippen molar-refractivity contribution in [3.8, 4) is 0 Å². The summed E-state index contributed by atoms with van der Waals surface area (Å²) in [6, 6.07) is -1.59. The number of alkyl halides is 3. The van der Waals surface area contributed by atoms with Crippen LogP contribution in [-0.4, -0.2) is 55.7 Å². The average Bonchev–Trinajstić information content (AvgIpc) is 3.12. The third kappa shape index (κ3) is 4.49. The summed E-state index contributed by atoms with van der Waals surface area (Å²) in [5.41, 5.74) is -0.0210. The number of carbonyl (C=O) groups is 1. The van der Waals surface area contributed by atoms with Crippen LogP contribution in [0.2, 0.25) is 0 Å². The van der Waals surface area contributed by atoms with Gasteiger partial charge in [-0.3, -0.25) is 9.69 Å². The van der Waals surface area contributed by atoms with Crippen molar-refractivity contribution in [1.82, 2.24) is 15.5 Å². The van der Waals surface area contributed by atoms with Gasteiger partial charge in [-0.1, -0.05) is 13.8 Å². The maximum Gasteiger partial charge on any atom is 0.405 e. The molecule has 4 nitrogen and oxygen atoms in total. The summed E-state index contributed by atoms with van der Waals surface area (Å²) in [6.45, 7) is 5.49. The first-order chi connectivity index (χ1) is 9.78. The molecule has 1 saturated carbocycles. The summed E-state index contributed by atoms with van der Waals surface area (Å²) >= 11 is 0. The lowest BCUT2D eigenvalue weighted by Crippen LogP contribution is -2.57. The molecular weight excluding hydrogens is 319 g/mol. The predicted octanol–water partition coefficient (Wildman–Crippen LogP) is 1.80.